The molecular formula is C12H15BrN2S2. The van der Waals surface area contributed by atoms with Gasteiger partial charge in [-0.05, 0) is 40.5 Å². The maximum Gasteiger partial charge on any atom is 0.0565 e. The number of nitrogens with two attached hydrogens (primary N) is 1. The highest BCUT2D eigenvalue weighted by Crippen LogP contribution is 2.29. The Kier molecular flexibility index (Phi) is 4.76. The van der Waals surface area contributed by atoms with Gasteiger partial charge in [-0.3, -0.25) is 4.90 Å². The van der Waals surface area contributed by atoms with Crippen molar-refractivity contribution in [3.05, 3.63) is 43.2 Å². The lowest BCUT2D eigenvalue weighted by Gasteiger charge is -2.25. The van der Waals surface area contributed by atoms with Crippen molar-refractivity contribution in [2.45, 2.75) is 12.6 Å². The van der Waals surface area contributed by atoms with Crippen molar-refractivity contribution in [3.63, 3.8) is 0 Å². The van der Waals surface area contributed by atoms with Crippen LogP contribution in [0.5, 0.6) is 0 Å². The predicted molar refractivity (Wildman–Crippen MR) is 79.6 cm³/mol. The van der Waals surface area contributed by atoms with E-state index in [0.29, 0.717) is 12.6 Å². The zero-order valence-electron chi connectivity index (χ0n) is 9.60. The van der Waals surface area contributed by atoms with E-state index < -0.39 is 0 Å². The van der Waals surface area contributed by atoms with Crippen LogP contribution in [-0.2, 0) is 6.54 Å². The molecule has 2 N–H and O–H groups in total. The Morgan fingerprint density at radius 2 is 2.29 bits per heavy atom. The van der Waals surface area contributed by atoms with Crippen LogP contribution in [0, 0.1) is 0 Å². The van der Waals surface area contributed by atoms with Gasteiger partial charge in [-0.2, -0.15) is 0 Å². The number of hydrogen-bond acceptors (Lipinski definition) is 4. The van der Waals surface area contributed by atoms with Gasteiger partial charge < -0.3 is 5.73 Å². The van der Waals surface area contributed by atoms with Crippen LogP contribution in [0.15, 0.2) is 33.4 Å². The second-order valence-corrected chi connectivity index (χ2v) is 6.80. The standard InChI is InChI=1S/C12H15BrN2S2/c1-15(7-10-3-2-4-16-10)11(6-14)12-5-9(13)8-17-12/h2-5,8,11H,6-7,14H2,1H3. The van der Waals surface area contributed by atoms with Crippen LogP contribution >= 0.6 is 38.6 Å². The summed E-state index contributed by atoms with van der Waals surface area (Å²) in [5.74, 6) is 0. The Balaban J connectivity index is 2.07. The third kappa shape index (κ3) is 3.39. The van der Waals surface area contributed by atoms with Crippen molar-refractivity contribution in [1.29, 1.82) is 0 Å². The van der Waals surface area contributed by atoms with Crippen LogP contribution in [0.3, 0.4) is 0 Å². The highest BCUT2D eigenvalue weighted by Gasteiger charge is 2.17. The molecule has 0 saturated carbocycles. The summed E-state index contributed by atoms with van der Waals surface area (Å²) in [6.07, 6.45) is 0. The number of rotatable bonds is 5. The molecule has 0 spiro atoms. The number of likely N-dealkylation sites (N-methyl/N-ethyl adjacent to an activating group) is 1. The molecule has 2 aromatic rings. The molecule has 5 heteroatoms. The Bertz CT molecular complexity index is 453. The van der Waals surface area contributed by atoms with E-state index in [-0.39, 0.29) is 0 Å². The van der Waals surface area contributed by atoms with Gasteiger partial charge in [-0.25, -0.2) is 0 Å². The van der Waals surface area contributed by atoms with E-state index in [1.807, 2.05) is 0 Å². The Morgan fingerprint density at radius 1 is 1.47 bits per heavy atom. The second kappa shape index (κ2) is 6.11. The van der Waals surface area contributed by atoms with Gasteiger partial charge >= 0.3 is 0 Å². The van der Waals surface area contributed by atoms with Crippen molar-refractivity contribution >= 4 is 38.6 Å². The topological polar surface area (TPSA) is 29.3 Å². The van der Waals surface area contributed by atoms with E-state index in [9.17, 15) is 0 Å². The fraction of sp³-hybridized carbons (Fsp3) is 0.333. The molecule has 2 heterocycles. The molecule has 2 aromatic heterocycles. The lowest BCUT2D eigenvalue weighted by Crippen LogP contribution is -2.29. The maximum atomic E-state index is 5.90. The molecule has 92 valence electrons. The zero-order valence-corrected chi connectivity index (χ0v) is 12.8. The van der Waals surface area contributed by atoms with Gasteiger partial charge in [0.05, 0.1) is 6.04 Å². The van der Waals surface area contributed by atoms with Crippen molar-refractivity contribution in [1.82, 2.24) is 4.90 Å². The van der Waals surface area contributed by atoms with Crippen molar-refractivity contribution < 1.29 is 0 Å². The maximum absolute atomic E-state index is 5.90. The summed E-state index contributed by atoms with van der Waals surface area (Å²) in [4.78, 5) is 5.00. The first-order valence-electron chi connectivity index (χ1n) is 5.37. The molecule has 0 aliphatic heterocycles. The van der Waals surface area contributed by atoms with Crippen LogP contribution < -0.4 is 5.73 Å². The minimum absolute atomic E-state index is 0.299. The molecule has 0 aromatic carbocycles. The molecule has 1 atom stereocenters. The number of thiophene rings is 2. The molecule has 17 heavy (non-hydrogen) atoms. The van der Waals surface area contributed by atoms with Crippen molar-refractivity contribution in [3.8, 4) is 0 Å². The first-order valence-corrected chi connectivity index (χ1v) is 7.92. The lowest BCUT2D eigenvalue weighted by atomic mass is 10.2. The fourth-order valence-corrected chi connectivity index (χ4v) is 4.17. The van der Waals surface area contributed by atoms with E-state index >= 15 is 0 Å². The number of nitrogens with zero attached hydrogens (tertiary/aromatic N) is 1. The molecule has 0 aliphatic rings. The van der Waals surface area contributed by atoms with Crippen LogP contribution in [0.2, 0.25) is 0 Å². The van der Waals surface area contributed by atoms with Gasteiger partial charge in [0.15, 0.2) is 0 Å². The largest absolute Gasteiger partial charge is 0.329 e. The van der Waals surface area contributed by atoms with E-state index in [1.165, 1.54) is 9.75 Å². The SMILES string of the molecule is CN(Cc1cccs1)C(CN)c1cc(Br)cs1. The summed E-state index contributed by atoms with van der Waals surface area (Å²) in [6, 6.07) is 6.72. The smallest absolute Gasteiger partial charge is 0.0565 e. The predicted octanol–water partition coefficient (Wildman–Crippen LogP) is 3.70. The average Bonchev–Trinajstić information content (AvgIpc) is 2.91. The minimum Gasteiger partial charge on any atom is -0.329 e. The monoisotopic (exact) mass is 330 g/mol. The quantitative estimate of drug-likeness (QED) is 0.905. The Hall–Kier alpha value is -0.200. The van der Waals surface area contributed by atoms with Gasteiger partial charge in [0.25, 0.3) is 0 Å². The highest BCUT2D eigenvalue weighted by atomic mass is 79.9. The highest BCUT2D eigenvalue weighted by molar-refractivity contribution is 9.10. The Labute approximate surface area is 118 Å². The zero-order chi connectivity index (χ0) is 12.3. The molecule has 0 radical (unpaired) electrons. The summed E-state index contributed by atoms with van der Waals surface area (Å²) in [5, 5.41) is 4.22. The van der Waals surface area contributed by atoms with Crippen LogP contribution in [0.4, 0.5) is 0 Å². The number of hydrogen-bond donors (Lipinski definition) is 1. The van der Waals surface area contributed by atoms with Crippen LogP contribution in [-0.4, -0.2) is 18.5 Å². The summed E-state index contributed by atoms with van der Waals surface area (Å²) in [7, 11) is 2.13. The minimum atomic E-state index is 0.299. The van der Waals surface area contributed by atoms with Gasteiger partial charge in [-0.1, -0.05) is 6.07 Å². The van der Waals surface area contributed by atoms with Crippen molar-refractivity contribution in [2.75, 3.05) is 13.6 Å². The molecule has 0 bridgehead atoms. The summed E-state index contributed by atoms with van der Waals surface area (Å²) in [5.41, 5.74) is 5.90. The molecule has 0 amide bonds. The summed E-state index contributed by atoms with van der Waals surface area (Å²) >= 11 is 7.04. The normalized spacial score (nSPS) is 13.2. The van der Waals surface area contributed by atoms with E-state index in [1.54, 1.807) is 22.7 Å². The third-order valence-electron chi connectivity index (χ3n) is 2.66. The molecule has 0 fully saturated rings. The van der Waals surface area contributed by atoms with Gasteiger partial charge in [0.1, 0.15) is 0 Å². The van der Waals surface area contributed by atoms with Crippen LogP contribution in [0.25, 0.3) is 0 Å². The molecule has 2 rings (SSSR count). The molecule has 0 aliphatic carbocycles. The Morgan fingerprint density at radius 3 is 2.82 bits per heavy atom. The van der Waals surface area contributed by atoms with E-state index in [4.69, 9.17) is 5.73 Å². The second-order valence-electron chi connectivity index (χ2n) is 3.91. The van der Waals surface area contributed by atoms with Gasteiger partial charge in [0, 0.05) is 32.7 Å². The van der Waals surface area contributed by atoms with Gasteiger partial charge in [-0.15, -0.1) is 22.7 Å². The van der Waals surface area contributed by atoms with Gasteiger partial charge in [0.2, 0.25) is 0 Å². The first-order chi connectivity index (χ1) is 8.20. The molecule has 0 saturated heterocycles. The third-order valence-corrected chi connectivity index (χ3v) is 5.31. The average molecular weight is 331 g/mol. The molecular weight excluding hydrogens is 316 g/mol. The number of halogens is 1. The lowest BCUT2D eigenvalue weighted by molar-refractivity contribution is 0.247. The van der Waals surface area contributed by atoms with E-state index in [2.05, 4.69) is 56.8 Å². The van der Waals surface area contributed by atoms with E-state index in [0.717, 1.165) is 11.0 Å². The molecule has 1 unspecified atom stereocenters. The van der Waals surface area contributed by atoms with Crippen molar-refractivity contribution in [2.24, 2.45) is 5.73 Å². The molecule has 2 nitrogen and oxygen atoms in total. The fourth-order valence-electron chi connectivity index (χ4n) is 1.77. The summed E-state index contributed by atoms with van der Waals surface area (Å²) < 4.78 is 1.14. The van der Waals surface area contributed by atoms with Crippen LogP contribution in [0.1, 0.15) is 15.8 Å². The first kappa shape index (κ1) is 13.2. The summed E-state index contributed by atoms with van der Waals surface area (Å²) in [6.45, 7) is 1.60.